The molecule has 0 bridgehead atoms. The number of benzene rings is 1. The van der Waals surface area contributed by atoms with Crippen LogP contribution < -0.4 is 5.73 Å². The van der Waals surface area contributed by atoms with E-state index >= 15 is 0 Å². The predicted octanol–water partition coefficient (Wildman–Crippen LogP) is 0.606. The number of hydrogen-bond acceptors (Lipinski definition) is 6. The van der Waals surface area contributed by atoms with Gasteiger partial charge in [0, 0.05) is 12.7 Å². The number of amidine groups is 1. The minimum absolute atomic E-state index is 0.0701. The third-order valence-corrected chi connectivity index (χ3v) is 4.43. The maximum Gasteiger partial charge on any atom is 0.180 e. The topological polar surface area (TPSA) is 111 Å². The molecule has 1 unspecified atom stereocenters. The van der Waals surface area contributed by atoms with Gasteiger partial charge in [0.2, 0.25) is 0 Å². The third-order valence-electron chi connectivity index (χ3n) is 2.75. The molecule has 0 saturated carbocycles. The van der Waals surface area contributed by atoms with E-state index in [1.54, 1.807) is 20.1 Å². The van der Waals surface area contributed by atoms with Gasteiger partial charge in [0.15, 0.2) is 15.7 Å². The number of methoxy groups -OCH3 is 1. The predicted molar refractivity (Wildman–Crippen MR) is 78.3 cm³/mol. The molecule has 1 aromatic carbocycles. The van der Waals surface area contributed by atoms with Crippen LogP contribution in [-0.4, -0.2) is 51.6 Å². The Bertz CT molecular complexity index is 586. The van der Waals surface area contributed by atoms with Gasteiger partial charge in [-0.3, -0.25) is 0 Å². The third kappa shape index (κ3) is 5.33. The lowest BCUT2D eigenvalue weighted by molar-refractivity contribution is 0.0163. The molecule has 0 saturated heterocycles. The number of nitrogens with zero attached hydrogens (tertiary/aromatic N) is 1. The van der Waals surface area contributed by atoms with Crippen LogP contribution in [0.2, 0.25) is 0 Å². The van der Waals surface area contributed by atoms with Crippen molar-refractivity contribution < 1.29 is 23.1 Å². The van der Waals surface area contributed by atoms with E-state index in [0.717, 1.165) is 0 Å². The average molecular weight is 316 g/mol. The zero-order valence-corrected chi connectivity index (χ0v) is 12.8. The smallest absolute Gasteiger partial charge is 0.180 e. The maximum atomic E-state index is 12.2. The first-order valence-electron chi connectivity index (χ1n) is 6.32. The van der Waals surface area contributed by atoms with Crippen molar-refractivity contribution in [3.8, 4) is 0 Å². The quantitative estimate of drug-likeness (QED) is 0.314. The van der Waals surface area contributed by atoms with Gasteiger partial charge in [0.05, 0.1) is 30.0 Å². The highest BCUT2D eigenvalue weighted by molar-refractivity contribution is 7.91. The molecular weight excluding hydrogens is 296 g/mol. The summed E-state index contributed by atoms with van der Waals surface area (Å²) in [5.41, 5.74) is 5.79. The molecule has 1 atom stereocenters. The van der Waals surface area contributed by atoms with Crippen LogP contribution in [0.3, 0.4) is 0 Å². The van der Waals surface area contributed by atoms with Crippen molar-refractivity contribution in [1.82, 2.24) is 0 Å². The van der Waals surface area contributed by atoms with E-state index in [1.165, 1.54) is 18.2 Å². The summed E-state index contributed by atoms with van der Waals surface area (Å²) in [5.74, 6) is -0.294. The fourth-order valence-electron chi connectivity index (χ4n) is 1.67. The first-order chi connectivity index (χ1) is 9.90. The highest BCUT2D eigenvalue weighted by Crippen LogP contribution is 2.13. The summed E-state index contributed by atoms with van der Waals surface area (Å²) < 4.78 is 34.6. The number of hydrogen-bond donors (Lipinski definition) is 2. The Morgan fingerprint density at radius 3 is 2.81 bits per heavy atom. The molecule has 1 aromatic rings. The van der Waals surface area contributed by atoms with E-state index < -0.39 is 9.84 Å². The molecule has 118 valence electrons. The van der Waals surface area contributed by atoms with Gasteiger partial charge >= 0.3 is 0 Å². The first-order valence-corrected chi connectivity index (χ1v) is 7.97. The van der Waals surface area contributed by atoms with Crippen LogP contribution in [0.5, 0.6) is 0 Å². The second-order valence-corrected chi connectivity index (χ2v) is 6.58. The monoisotopic (exact) mass is 316 g/mol. The zero-order chi connectivity index (χ0) is 15.9. The second kappa shape index (κ2) is 7.96. The van der Waals surface area contributed by atoms with Crippen LogP contribution in [0.15, 0.2) is 34.3 Å². The minimum atomic E-state index is -3.49. The molecule has 3 N–H and O–H groups in total. The molecular formula is C13H20N2O5S. The van der Waals surface area contributed by atoms with Gasteiger partial charge in [0.1, 0.15) is 0 Å². The molecule has 0 spiro atoms. The summed E-state index contributed by atoms with van der Waals surface area (Å²) >= 11 is 0. The highest BCUT2D eigenvalue weighted by atomic mass is 32.2. The molecule has 0 aliphatic carbocycles. The van der Waals surface area contributed by atoms with Crippen molar-refractivity contribution in [2.75, 3.05) is 26.1 Å². The highest BCUT2D eigenvalue weighted by Gasteiger charge is 2.16. The number of oxime groups is 1. The van der Waals surface area contributed by atoms with E-state index in [2.05, 4.69) is 5.16 Å². The number of nitrogens with two attached hydrogens (primary N) is 1. The van der Waals surface area contributed by atoms with Crippen molar-refractivity contribution in [2.45, 2.75) is 17.9 Å². The Kier molecular flexibility index (Phi) is 6.60. The minimum Gasteiger partial charge on any atom is -0.409 e. The maximum absolute atomic E-state index is 12.2. The Labute approximate surface area is 124 Å². The average Bonchev–Trinajstić information content (AvgIpc) is 2.46. The summed E-state index contributed by atoms with van der Waals surface area (Å²) in [6, 6.07) is 5.92. The van der Waals surface area contributed by atoms with Gasteiger partial charge in [-0.2, -0.15) is 0 Å². The number of ether oxygens (including phenoxy) is 2. The summed E-state index contributed by atoms with van der Waals surface area (Å²) in [4.78, 5) is 0.106. The van der Waals surface area contributed by atoms with Crippen LogP contribution in [-0.2, 0) is 19.3 Å². The SMILES string of the molecule is COCC(C)OCCS(=O)(=O)c1cccc(/C(N)=N/O)c1. The Morgan fingerprint density at radius 2 is 2.19 bits per heavy atom. The van der Waals surface area contributed by atoms with E-state index in [4.69, 9.17) is 20.4 Å². The van der Waals surface area contributed by atoms with E-state index in [0.29, 0.717) is 12.2 Å². The molecule has 0 aliphatic rings. The lowest BCUT2D eigenvalue weighted by atomic mass is 10.2. The van der Waals surface area contributed by atoms with Crippen LogP contribution in [0.4, 0.5) is 0 Å². The number of rotatable bonds is 8. The molecule has 0 fully saturated rings. The summed E-state index contributed by atoms with van der Waals surface area (Å²) in [7, 11) is -1.94. The molecule has 0 heterocycles. The van der Waals surface area contributed by atoms with Crippen LogP contribution in [0, 0.1) is 0 Å². The van der Waals surface area contributed by atoms with Crippen molar-refractivity contribution in [1.29, 1.82) is 0 Å². The molecule has 8 heteroatoms. The van der Waals surface area contributed by atoms with Crippen molar-refractivity contribution >= 4 is 15.7 Å². The molecule has 7 nitrogen and oxygen atoms in total. The molecule has 0 radical (unpaired) electrons. The van der Waals surface area contributed by atoms with Gasteiger partial charge < -0.3 is 20.4 Å². The largest absolute Gasteiger partial charge is 0.409 e. The van der Waals surface area contributed by atoms with Crippen LogP contribution in [0.1, 0.15) is 12.5 Å². The Hall–Kier alpha value is -1.64. The van der Waals surface area contributed by atoms with E-state index in [9.17, 15) is 8.42 Å². The fraction of sp³-hybridized carbons (Fsp3) is 0.462. The Morgan fingerprint density at radius 1 is 1.48 bits per heavy atom. The molecule has 0 amide bonds. The molecule has 0 aromatic heterocycles. The fourth-order valence-corrected chi connectivity index (χ4v) is 2.81. The van der Waals surface area contributed by atoms with E-state index in [-0.39, 0.29) is 29.2 Å². The van der Waals surface area contributed by atoms with Crippen LogP contribution in [0.25, 0.3) is 0 Å². The van der Waals surface area contributed by atoms with Crippen LogP contribution >= 0.6 is 0 Å². The summed E-state index contributed by atoms with van der Waals surface area (Å²) in [5, 5.41) is 11.5. The van der Waals surface area contributed by atoms with Gasteiger partial charge in [-0.05, 0) is 19.1 Å². The first kappa shape index (κ1) is 17.4. The Balaban J connectivity index is 2.75. The van der Waals surface area contributed by atoms with Gasteiger partial charge in [-0.25, -0.2) is 8.42 Å². The standard InChI is InChI=1S/C13H20N2O5S/c1-10(9-19-2)20-6-7-21(17,18)12-5-3-4-11(8-12)13(14)15-16/h3-5,8,10,16H,6-7,9H2,1-2H3,(H2,14,15). The summed E-state index contributed by atoms with van der Waals surface area (Å²) in [6.45, 7) is 2.27. The molecule has 0 aliphatic heterocycles. The number of sulfone groups is 1. The lowest BCUT2D eigenvalue weighted by Crippen LogP contribution is -2.20. The van der Waals surface area contributed by atoms with Gasteiger partial charge in [0.25, 0.3) is 0 Å². The molecule has 1 rings (SSSR count). The van der Waals surface area contributed by atoms with Gasteiger partial charge in [-0.15, -0.1) is 0 Å². The van der Waals surface area contributed by atoms with Crippen molar-refractivity contribution in [3.05, 3.63) is 29.8 Å². The van der Waals surface area contributed by atoms with Crippen molar-refractivity contribution in [3.63, 3.8) is 0 Å². The lowest BCUT2D eigenvalue weighted by Gasteiger charge is -2.12. The second-order valence-electron chi connectivity index (χ2n) is 4.47. The zero-order valence-electron chi connectivity index (χ0n) is 12.0. The van der Waals surface area contributed by atoms with Crippen molar-refractivity contribution in [2.24, 2.45) is 10.9 Å². The molecule has 21 heavy (non-hydrogen) atoms. The van der Waals surface area contributed by atoms with Gasteiger partial charge in [-0.1, -0.05) is 17.3 Å². The normalized spacial score (nSPS) is 14.1. The summed E-state index contributed by atoms with van der Waals surface area (Å²) in [6.07, 6.45) is -0.172. The van der Waals surface area contributed by atoms with E-state index in [1.807, 2.05) is 0 Å².